The van der Waals surface area contributed by atoms with Crippen molar-refractivity contribution >= 4 is 28.6 Å². The van der Waals surface area contributed by atoms with Gasteiger partial charge < -0.3 is 20.6 Å². The number of fused-ring (bicyclic) bond motifs is 1. The van der Waals surface area contributed by atoms with Gasteiger partial charge in [0, 0.05) is 20.3 Å². The standard InChI is InChI=1S/C26H27FN8O2/c1-26(2,37)23(27)15-31-25(36)19-14-29-21(22-7-6-18-9-16(11-28)12-32-35(18)22)10-20(19)33-17-5-8-24(30-13-17)34(3)4/h5-10,12-14,23,37H,15H2,1-4H3,(H,29,33)(H,31,36). The number of aromatic nitrogens is 4. The highest BCUT2D eigenvalue weighted by Gasteiger charge is 2.27. The molecule has 0 fully saturated rings. The Morgan fingerprint density at radius 1 is 1.19 bits per heavy atom. The summed E-state index contributed by atoms with van der Waals surface area (Å²) in [6.45, 7) is 2.32. The number of carbonyl (C=O) groups excluding carboxylic acids is 1. The van der Waals surface area contributed by atoms with E-state index < -0.39 is 17.7 Å². The lowest BCUT2D eigenvalue weighted by Crippen LogP contribution is -2.42. The Bertz CT molecular complexity index is 1470. The number of nitrogens with zero attached hydrogens (tertiary/aromatic N) is 6. The van der Waals surface area contributed by atoms with E-state index >= 15 is 0 Å². The van der Waals surface area contributed by atoms with E-state index in [4.69, 9.17) is 5.26 Å². The predicted octanol–water partition coefficient (Wildman–Crippen LogP) is 3.31. The average Bonchev–Trinajstić information content (AvgIpc) is 3.30. The zero-order valence-electron chi connectivity index (χ0n) is 20.9. The molecule has 190 valence electrons. The third kappa shape index (κ3) is 5.65. The van der Waals surface area contributed by atoms with Gasteiger partial charge in [-0.15, -0.1) is 0 Å². The number of aliphatic hydroxyl groups is 1. The minimum Gasteiger partial charge on any atom is -0.387 e. The summed E-state index contributed by atoms with van der Waals surface area (Å²) in [6.07, 6.45) is 2.85. The van der Waals surface area contributed by atoms with Gasteiger partial charge in [0.05, 0.1) is 63.9 Å². The van der Waals surface area contributed by atoms with Gasteiger partial charge in [-0.1, -0.05) is 0 Å². The molecule has 0 aromatic carbocycles. The summed E-state index contributed by atoms with van der Waals surface area (Å²) in [5.74, 6) is 0.213. The van der Waals surface area contributed by atoms with Crippen molar-refractivity contribution in [1.82, 2.24) is 24.9 Å². The molecule has 0 spiro atoms. The molecule has 4 aromatic rings. The molecule has 4 rings (SSSR count). The lowest BCUT2D eigenvalue weighted by Gasteiger charge is -2.22. The zero-order valence-corrected chi connectivity index (χ0v) is 20.9. The number of nitriles is 1. The smallest absolute Gasteiger partial charge is 0.255 e. The number of rotatable bonds is 8. The molecule has 11 heteroatoms. The van der Waals surface area contributed by atoms with Crippen molar-refractivity contribution in [2.75, 3.05) is 30.9 Å². The monoisotopic (exact) mass is 502 g/mol. The van der Waals surface area contributed by atoms with E-state index in [0.717, 1.165) is 11.3 Å². The number of amides is 1. The van der Waals surface area contributed by atoms with Crippen molar-refractivity contribution < 1.29 is 14.3 Å². The summed E-state index contributed by atoms with van der Waals surface area (Å²) in [6, 6.07) is 12.8. The number of carbonyl (C=O) groups is 1. The first-order valence-corrected chi connectivity index (χ1v) is 11.5. The molecule has 1 unspecified atom stereocenters. The van der Waals surface area contributed by atoms with Gasteiger partial charge in [-0.3, -0.25) is 9.78 Å². The van der Waals surface area contributed by atoms with Crippen molar-refractivity contribution in [2.45, 2.75) is 25.6 Å². The summed E-state index contributed by atoms with van der Waals surface area (Å²) in [5, 5.41) is 29.1. The van der Waals surface area contributed by atoms with Crippen LogP contribution in [0.4, 0.5) is 21.6 Å². The minimum absolute atomic E-state index is 0.184. The van der Waals surface area contributed by atoms with Crippen LogP contribution < -0.4 is 15.5 Å². The van der Waals surface area contributed by atoms with Crippen molar-refractivity contribution in [2.24, 2.45) is 0 Å². The molecule has 0 aliphatic carbocycles. The Kier molecular flexibility index (Phi) is 7.04. The molecule has 37 heavy (non-hydrogen) atoms. The van der Waals surface area contributed by atoms with Crippen LogP contribution in [0.3, 0.4) is 0 Å². The second kappa shape index (κ2) is 10.2. The Balaban J connectivity index is 1.70. The van der Waals surface area contributed by atoms with Crippen LogP contribution in [0.2, 0.25) is 0 Å². The average molecular weight is 503 g/mol. The fourth-order valence-electron chi connectivity index (χ4n) is 3.54. The Morgan fingerprint density at radius 2 is 1.97 bits per heavy atom. The van der Waals surface area contributed by atoms with Gasteiger partial charge in [0.25, 0.3) is 5.91 Å². The third-order valence-electron chi connectivity index (χ3n) is 5.73. The first-order valence-electron chi connectivity index (χ1n) is 11.5. The van der Waals surface area contributed by atoms with Crippen molar-refractivity contribution in [3.05, 3.63) is 66.1 Å². The van der Waals surface area contributed by atoms with Crippen molar-refractivity contribution in [3.8, 4) is 17.5 Å². The molecule has 3 N–H and O–H groups in total. The summed E-state index contributed by atoms with van der Waals surface area (Å²) >= 11 is 0. The largest absolute Gasteiger partial charge is 0.387 e. The third-order valence-corrected chi connectivity index (χ3v) is 5.73. The molecule has 1 atom stereocenters. The zero-order chi connectivity index (χ0) is 26.7. The van der Waals surface area contributed by atoms with E-state index in [0.29, 0.717) is 28.3 Å². The summed E-state index contributed by atoms with van der Waals surface area (Å²) < 4.78 is 15.9. The molecular formula is C26H27FN8O2. The van der Waals surface area contributed by atoms with E-state index in [2.05, 4.69) is 31.8 Å². The van der Waals surface area contributed by atoms with Gasteiger partial charge in [0.2, 0.25) is 0 Å². The SMILES string of the molecule is CN(C)c1ccc(Nc2cc(-c3ccc4cc(C#N)cnn34)ncc2C(=O)NCC(F)C(C)(C)O)cn1. The first kappa shape index (κ1) is 25.5. The van der Waals surface area contributed by atoms with Crippen LogP contribution in [0.15, 0.2) is 55.0 Å². The Labute approximate surface area is 213 Å². The molecule has 0 aliphatic rings. The number of alkyl halides is 1. The van der Waals surface area contributed by atoms with Crippen LogP contribution in [-0.4, -0.2) is 63.0 Å². The van der Waals surface area contributed by atoms with E-state index in [1.54, 1.807) is 22.8 Å². The minimum atomic E-state index is -1.65. The van der Waals surface area contributed by atoms with Gasteiger partial charge in [-0.05, 0) is 50.2 Å². The second-order valence-corrected chi connectivity index (χ2v) is 9.28. The van der Waals surface area contributed by atoms with Crippen molar-refractivity contribution in [3.63, 3.8) is 0 Å². The highest BCUT2D eigenvalue weighted by molar-refractivity contribution is 6.00. The fourth-order valence-corrected chi connectivity index (χ4v) is 3.54. The van der Waals surface area contributed by atoms with Crippen LogP contribution in [0, 0.1) is 11.3 Å². The van der Waals surface area contributed by atoms with Gasteiger partial charge in [-0.25, -0.2) is 13.9 Å². The maximum absolute atomic E-state index is 14.3. The number of halogens is 1. The summed E-state index contributed by atoms with van der Waals surface area (Å²) in [5.41, 5.74) is 1.98. The van der Waals surface area contributed by atoms with E-state index in [1.807, 2.05) is 43.3 Å². The van der Waals surface area contributed by atoms with Crippen molar-refractivity contribution in [1.29, 1.82) is 5.26 Å². The molecule has 0 aliphatic heterocycles. The number of nitrogens with one attached hydrogen (secondary N) is 2. The van der Waals surface area contributed by atoms with E-state index in [1.165, 1.54) is 26.2 Å². The Morgan fingerprint density at radius 3 is 2.62 bits per heavy atom. The number of hydrogen-bond donors (Lipinski definition) is 3. The van der Waals surface area contributed by atoms with Crippen LogP contribution in [0.5, 0.6) is 0 Å². The summed E-state index contributed by atoms with van der Waals surface area (Å²) in [7, 11) is 3.77. The summed E-state index contributed by atoms with van der Waals surface area (Å²) in [4.78, 5) is 23.7. The van der Waals surface area contributed by atoms with Gasteiger partial charge in [0.1, 0.15) is 18.1 Å². The molecule has 4 heterocycles. The predicted molar refractivity (Wildman–Crippen MR) is 139 cm³/mol. The molecule has 10 nitrogen and oxygen atoms in total. The van der Waals surface area contributed by atoms with Gasteiger partial charge in [0.15, 0.2) is 0 Å². The molecule has 0 radical (unpaired) electrons. The lowest BCUT2D eigenvalue weighted by molar-refractivity contribution is -0.00177. The van der Waals surface area contributed by atoms with Crippen LogP contribution in [0.25, 0.3) is 16.9 Å². The van der Waals surface area contributed by atoms with Crippen LogP contribution in [-0.2, 0) is 0 Å². The molecule has 0 saturated heterocycles. The van der Waals surface area contributed by atoms with E-state index in [-0.39, 0.29) is 12.1 Å². The molecule has 4 aromatic heterocycles. The lowest BCUT2D eigenvalue weighted by atomic mass is 10.0. The fraction of sp³-hybridized carbons (Fsp3) is 0.269. The molecule has 0 saturated carbocycles. The maximum Gasteiger partial charge on any atom is 0.255 e. The normalized spacial score (nSPS) is 12.1. The molecule has 1 amide bonds. The number of anilines is 3. The number of pyridine rings is 2. The highest BCUT2D eigenvalue weighted by atomic mass is 19.1. The molecular weight excluding hydrogens is 475 g/mol. The quantitative estimate of drug-likeness (QED) is 0.334. The highest BCUT2D eigenvalue weighted by Crippen LogP contribution is 2.28. The number of hydrogen-bond acceptors (Lipinski definition) is 8. The Hall–Kier alpha value is -4.56. The van der Waals surface area contributed by atoms with Crippen LogP contribution >= 0.6 is 0 Å². The van der Waals surface area contributed by atoms with Crippen LogP contribution in [0.1, 0.15) is 29.8 Å². The molecule has 0 bridgehead atoms. The van der Waals surface area contributed by atoms with E-state index in [9.17, 15) is 14.3 Å². The maximum atomic E-state index is 14.3. The van der Waals surface area contributed by atoms with Gasteiger partial charge >= 0.3 is 0 Å². The van der Waals surface area contributed by atoms with Gasteiger partial charge in [-0.2, -0.15) is 10.4 Å². The first-order chi connectivity index (χ1) is 17.6. The topological polar surface area (TPSA) is 131 Å². The second-order valence-electron chi connectivity index (χ2n) is 9.28.